The molecule has 1 N–H and O–H groups in total. The number of ether oxygens (including phenoxy) is 2. The number of rotatable bonds is 11. The van der Waals surface area contributed by atoms with Crippen molar-refractivity contribution in [3.63, 3.8) is 0 Å². The molecule has 0 aliphatic carbocycles. The Morgan fingerprint density at radius 1 is 1.23 bits per heavy atom. The van der Waals surface area contributed by atoms with Gasteiger partial charge in [-0.2, -0.15) is 0 Å². The molecule has 26 heavy (non-hydrogen) atoms. The summed E-state index contributed by atoms with van der Waals surface area (Å²) in [6.45, 7) is 8.51. The first-order valence-corrected chi connectivity index (χ1v) is 8.97. The number of guanidine groups is 1. The van der Waals surface area contributed by atoms with Gasteiger partial charge in [0.1, 0.15) is 0 Å². The second-order valence-electron chi connectivity index (χ2n) is 5.88. The Kier molecular flexibility index (Phi) is 13.9. The Morgan fingerprint density at radius 3 is 2.58 bits per heavy atom. The van der Waals surface area contributed by atoms with Gasteiger partial charge in [0.25, 0.3) is 0 Å². The lowest BCUT2D eigenvalue weighted by Crippen LogP contribution is -2.39. The minimum Gasteiger partial charge on any atom is -0.493 e. The van der Waals surface area contributed by atoms with Gasteiger partial charge in [-0.1, -0.05) is 12.1 Å². The molecule has 0 bridgehead atoms. The molecule has 0 aliphatic heterocycles. The highest BCUT2D eigenvalue weighted by atomic mass is 127. The van der Waals surface area contributed by atoms with Crippen LogP contribution in [0.3, 0.4) is 0 Å². The molecular formula is C20H34IN3O2. The van der Waals surface area contributed by atoms with Gasteiger partial charge in [-0.3, -0.25) is 4.99 Å². The highest BCUT2D eigenvalue weighted by Crippen LogP contribution is 2.27. The number of nitrogens with zero attached hydrogens (tertiary/aromatic N) is 2. The van der Waals surface area contributed by atoms with Crippen molar-refractivity contribution in [3.05, 3.63) is 36.4 Å². The summed E-state index contributed by atoms with van der Waals surface area (Å²) in [6, 6.07) is 6.07. The van der Waals surface area contributed by atoms with E-state index >= 15 is 0 Å². The maximum atomic E-state index is 5.36. The molecule has 5 nitrogen and oxygen atoms in total. The maximum Gasteiger partial charge on any atom is 0.193 e. The molecule has 6 heteroatoms. The van der Waals surface area contributed by atoms with E-state index in [1.54, 1.807) is 14.2 Å². The Hall–Kier alpha value is -1.44. The topological polar surface area (TPSA) is 46.1 Å². The van der Waals surface area contributed by atoms with Gasteiger partial charge in [-0.05, 0) is 50.3 Å². The molecule has 0 saturated carbocycles. The van der Waals surface area contributed by atoms with Gasteiger partial charge in [0, 0.05) is 26.7 Å². The van der Waals surface area contributed by atoms with Crippen LogP contribution in [-0.2, 0) is 6.42 Å². The zero-order valence-electron chi connectivity index (χ0n) is 16.6. The predicted octanol–water partition coefficient (Wildman–Crippen LogP) is 4.12. The zero-order valence-corrected chi connectivity index (χ0v) is 18.9. The number of methoxy groups -OCH3 is 2. The van der Waals surface area contributed by atoms with Gasteiger partial charge >= 0.3 is 0 Å². The van der Waals surface area contributed by atoms with E-state index in [1.165, 1.54) is 5.56 Å². The van der Waals surface area contributed by atoms with Gasteiger partial charge in [0.05, 0.1) is 14.2 Å². The first-order valence-electron chi connectivity index (χ1n) is 8.97. The van der Waals surface area contributed by atoms with Crippen LogP contribution in [0.15, 0.2) is 35.8 Å². The summed E-state index contributed by atoms with van der Waals surface area (Å²) >= 11 is 0. The molecule has 0 heterocycles. The van der Waals surface area contributed by atoms with Crippen molar-refractivity contribution < 1.29 is 9.47 Å². The molecule has 148 valence electrons. The van der Waals surface area contributed by atoms with Crippen LogP contribution in [0.5, 0.6) is 11.5 Å². The van der Waals surface area contributed by atoms with Gasteiger partial charge in [-0.25, -0.2) is 0 Å². The van der Waals surface area contributed by atoms with Crippen molar-refractivity contribution in [2.75, 3.05) is 40.9 Å². The van der Waals surface area contributed by atoms with E-state index in [1.807, 2.05) is 18.2 Å². The maximum absolute atomic E-state index is 5.36. The summed E-state index contributed by atoms with van der Waals surface area (Å²) in [4.78, 5) is 6.92. The molecule has 1 aromatic carbocycles. The van der Waals surface area contributed by atoms with E-state index in [0.717, 1.165) is 62.8 Å². The second-order valence-corrected chi connectivity index (χ2v) is 5.88. The van der Waals surface area contributed by atoms with E-state index in [2.05, 4.69) is 36.8 Å². The Balaban J connectivity index is 0.00000625. The smallest absolute Gasteiger partial charge is 0.193 e. The van der Waals surface area contributed by atoms with Crippen LogP contribution >= 0.6 is 24.0 Å². The van der Waals surface area contributed by atoms with E-state index in [-0.39, 0.29) is 24.0 Å². The number of aryl methyl sites for hydroxylation is 1. The van der Waals surface area contributed by atoms with Crippen LogP contribution < -0.4 is 14.8 Å². The quantitative estimate of drug-likeness (QED) is 0.172. The lowest BCUT2D eigenvalue weighted by Gasteiger charge is -2.21. The molecule has 1 rings (SSSR count). The number of hydrogen-bond acceptors (Lipinski definition) is 3. The van der Waals surface area contributed by atoms with Crippen molar-refractivity contribution in [2.24, 2.45) is 4.99 Å². The molecule has 0 saturated heterocycles. The molecule has 0 amide bonds. The second kappa shape index (κ2) is 14.7. The lowest BCUT2D eigenvalue weighted by atomic mass is 10.1. The lowest BCUT2D eigenvalue weighted by molar-refractivity contribution is 0.354. The van der Waals surface area contributed by atoms with E-state index in [0.29, 0.717) is 0 Å². The van der Waals surface area contributed by atoms with Crippen LogP contribution in [0, 0.1) is 0 Å². The number of aliphatic imine (C=N–C) groups is 1. The fourth-order valence-electron chi connectivity index (χ4n) is 2.55. The molecule has 0 aromatic heterocycles. The monoisotopic (exact) mass is 475 g/mol. The summed E-state index contributed by atoms with van der Waals surface area (Å²) in [7, 11) is 5.40. The van der Waals surface area contributed by atoms with E-state index in [4.69, 9.17) is 14.5 Å². The normalized spacial score (nSPS) is 10.7. The van der Waals surface area contributed by atoms with Crippen molar-refractivity contribution in [1.82, 2.24) is 10.2 Å². The molecular weight excluding hydrogens is 441 g/mol. The van der Waals surface area contributed by atoms with Gasteiger partial charge < -0.3 is 19.7 Å². The van der Waals surface area contributed by atoms with E-state index in [9.17, 15) is 0 Å². The molecule has 0 aliphatic rings. The largest absolute Gasteiger partial charge is 0.493 e. The van der Waals surface area contributed by atoms with Crippen molar-refractivity contribution in [2.45, 2.75) is 32.6 Å². The van der Waals surface area contributed by atoms with Gasteiger partial charge in [0.2, 0.25) is 0 Å². The zero-order chi connectivity index (χ0) is 18.5. The number of allylic oxidation sites excluding steroid dienone is 1. The average Bonchev–Trinajstić information content (AvgIpc) is 2.64. The van der Waals surface area contributed by atoms with Crippen LogP contribution in [0.25, 0.3) is 0 Å². The van der Waals surface area contributed by atoms with Crippen molar-refractivity contribution in [3.8, 4) is 11.5 Å². The van der Waals surface area contributed by atoms with Crippen LogP contribution in [0.2, 0.25) is 0 Å². The number of hydrogen-bond donors (Lipinski definition) is 1. The predicted molar refractivity (Wildman–Crippen MR) is 121 cm³/mol. The number of halogens is 1. The van der Waals surface area contributed by atoms with E-state index < -0.39 is 0 Å². The minimum atomic E-state index is 0. The van der Waals surface area contributed by atoms with Crippen molar-refractivity contribution >= 4 is 29.9 Å². The summed E-state index contributed by atoms with van der Waals surface area (Å²) in [5.74, 6) is 2.51. The van der Waals surface area contributed by atoms with Crippen LogP contribution in [-0.4, -0.2) is 51.8 Å². The third-order valence-electron chi connectivity index (χ3n) is 3.93. The van der Waals surface area contributed by atoms with Crippen LogP contribution in [0.1, 0.15) is 31.7 Å². The summed E-state index contributed by atoms with van der Waals surface area (Å²) in [5, 5.41) is 3.35. The van der Waals surface area contributed by atoms with Gasteiger partial charge in [-0.15, -0.1) is 30.6 Å². The Labute approximate surface area is 175 Å². The first kappa shape index (κ1) is 24.6. The molecule has 0 atom stereocenters. The number of benzene rings is 1. The summed E-state index contributed by atoms with van der Waals surface area (Å²) < 4.78 is 10.6. The standard InChI is InChI=1S/C20H33N3O2.HI/c1-6-8-9-15-23(3)20(21-7-2)22-14-10-11-17-12-13-18(24-4)19(16-17)25-5;/h6,12-13,16H,1,7-11,14-15H2,2-5H3,(H,21,22);1H. The average molecular weight is 475 g/mol. The summed E-state index contributed by atoms with van der Waals surface area (Å²) in [5.41, 5.74) is 1.23. The summed E-state index contributed by atoms with van der Waals surface area (Å²) in [6.07, 6.45) is 6.04. The highest BCUT2D eigenvalue weighted by molar-refractivity contribution is 14.0. The van der Waals surface area contributed by atoms with Gasteiger partial charge in [0.15, 0.2) is 17.5 Å². The number of unbranched alkanes of at least 4 members (excludes halogenated alkanes) is 1. The third-order valence-corrected chi connectivity index (χ3v) is 3.93. The highest BCUT2D eigenvalue weighted by Gasteiger charge is 2.06. The fourth-order valence-corrected chi connectivity index (χ4v) is 2.55. The Bertz CT molecular complexity index is 550. The van der Waals surface area contributed by atoms with Crippen molar-refractivity contribution in [1.29, 1.82) is 0 Å². The molecule has 1 aromatic rings. The first-order chi connectivity index (χ1) is 12.2. The Morgan fingerprint density at radius 2 is 1.96 bits per heavy atom. The third kappa shape index (κ3) is 8.78. The molecule has 0 spiro atoms. The molecule has 0 unspecified atom stereocenters. The van der Waals surface area contributed by atoms with Crippen LogP contribution in [0.4, 0.5) is 0 Å². The SMILES string of the molecule is C=CCCCN(C)C(=NCCCc1ccc(OC)c(OC)c1)NCC.I. The minimum absolute atomic E-state index is 0. The fraction of sp³-hybridized carbons (Fsp3) is 0.550. The molecule has 0 radical (unpaired) electrons. The molecule has 0 fully saturated rings. The number of nitrogens with one attached hydrogen (secondary N) is 1.